The van der Waals surface area contributed by atoms with Gasteiger partial charge in [0, 0.05) is 26.2 Å². The zero-order valence-corrected chi connectivity index (χ0v) is 14.8. The fourth-order valence-corrected chi connectivity index (χ4v) is 3.48. The lowest BCUT2D eigenvalue weighted by Gasteiger charge is -2.38. The number of benzene rings is 1. The fourth-order valence-electron chi connectivity index (χ4n) is 3.48. The van der Waals surface area contributed by atoms with Crippen molar-refractivity contribution in [1.82, 2.24) is 19.8 Å². The molecule has 130 valence electrons. The second-order valence-corrected chi connectivity index (χ2v) is 6.30. The van der Waals surface area contributed by atoms with E-state index in [9.17, 15) is 0 Å². The maximum Gasteiger partial charge on any atom is 0.201 e. The van der Waals surface area contributed by atoms with Gasteiger partial charge in [-0.2, -0.15) is 9.61 Å². The third-order valence-electron chi connectivity index (χ3n) is 4.92. The highest BCUT2D eigenvalue weighted by Crippen LogP contribution is 2.31. The molecule has 3 heterocycles. The Labute approximate surface area is 146 Å². The van der Waals surface area contributed by atoms with Crippen LogP contribution in [0.2, 0.25) is 0 Å². The molecule has 4 rings (SSSR count). The standard InChI is InChI=1S/C18H22N6O/c1-13-14(2)21-24-12-19-20-18(24)17(13)23-10-8-22(9-11-23)15-6-4-5-7-16(15)25-3/h4-7,12H,8-11H2,1-3H3. The van der Waals surface area contributed by atoms with Crippen LogP contribution in [0.5, 0.6) is 5.75 Å². The molecule has 0 bridgehead atoms. The molecule has 25 heavy (non-hydrogen) atoms. The molecule has 0 saturated carbocycles. The molecule has 1 aromatic carbocycles. The Hall–Kier alpha value is -2.83. The summed E-state index contributed by atoms with van der Waals surface area (Å²) in [4.78, 5) is 4.76. The second-order valence-electron chi connectivity index (χ2n) is 6.30. The van der Waals surface area contributed by atoms with Crippen LogP contribution in [0.1, 0.15) is 11.3 Å². The lowest BCUT2D eigenvalue weighted by molar-refractivity contribution is 0.413. The van der Waals surface area contributed by atoms with E-state index in [0.717, 1.165) is 54.6 Å². The van der Waals surface area contributed by atoms with Gasteiger partial charge in [0.05, 0.1) is 24.2 Å². The van der Waals surface area contributed by atoms with Gasteiger partial charge in [0.2, 0.25) is 5.65 Å². The Kier molecular flexibility index (Phi) is 3.91. The number of hydrogen-bond acceptors (Lipinski definition) is 6. The highest BCUT2D eigenvalue weighted by molar-refractivity contribution is 5.73. The van der Waals surface area contributed by atoms with Gasteiger partial charge in [-0.15, -0.1) is 10.2 Å². The summed E-state index contributed by atoms with van der Waals surface area (Å²) in [5.74, 6) is 0.923. The van der Waals surface area contributed by atoms with Crippen LogP contribution in [-0.2, 0) is 0 Å². The molecule has 0 aliphatic carbocycles. The predicted octanol–water partition coefficient (Wildman–Crippen LogP) is 2.08. The van der Waals surface area contributed by atoms with Crippen LogP contribution >= 0.6 is 0 Å². The van der Waals surface area contributed by atoms with E-state index in [-0.39, 0.29) is 0 Å². The number of fused-ring (bicyclic) bond motifs is 1. The Morgan fingerprint density at radius 3 is 2.48 bits per heavy atom. The molecule has 0 spiro atoms. The van der Waals surface area contributed by atoms with E-state index in [1.165, 1.54) is 5.56 Å². The first kappa shape index (κ1) is 15.7. The normalized spacial score (nSPS) is 15.0. The smallest absolute Gasteiger partial charge is 0.201 e. The number of para-hydroxylation sites is 2. The van der Waals surface area contributed by atoms with Crippen molar-refractivity contribution in [3.63, 3.8) is 0 Å². The summed E-state index contributed by atoms with van der Waals surface area (Å²) in [6.45, 7) is 7.85. The number of aromatic nitrogens is 4. The quantitative estimate of drug-likeness (QED) is 0.729. The lowest BCUT2D eigenvalue weighted by atomic mass is 10.1. The van der Waals surface area contributed by atoms with Gasteiger partial charge in [-0.05, 0) is 31.5 Å². The van der Waals surface area contributed by atoms with Crippen LogP contribution in [0, 0.1) is 13.8 Å². The number of nitrogens with zero attached hydrogens (tertiary/aromatic N) is 6. The average molecular weight is 338 g/mol. The summed E-state index contributed by atoms with van der Waals surface area (Å²) >= 11 is 0. The molecular weight excluding hydrogens is 316 g/mol. The first-order chi connectivity index (χ1) is 12.2. The molecule has 1 aliphatic rings. The largest absolute Gasteiger partial charge is 0.495 e. The molecule has 2 aromatic heterocycles. The molecule has 3 aromatic rings. The number of anilines is 2. The molecule has 0 radical (unpaired) electrons. The van der Waals surface area contributed by atoms with Crippen LogP contribution in [0.4, 0.5) is 11.4 Å². The number of rotatable bonds is 3. The van der Waals surface area contributed by atoms with Crippen molar-refractivity contribution in [3.05, 3.63) is 41.9 Å². The molecule has 0 N–H and O–H groups in total. The van der Waals surface area contributed by atoms with Crippen molar-refractivity contribution in [3.8, 4) is 5.75 Å². The van der Waals surface area contributed by atoms with Crippen molar-refractivity contribution in [2.75, 3.05) is 43.1 Å². The van der Waals surface area contributed by atoms with Gasteiger partial charge in [-0.1, -0.05) is 12.1 Å². The Bertz CT molecular complexity index is 898. The van der Waals surface area contributed by atoms with E-state index >= 15 is 0 Å². The summed E-state index contributed by atoms with van der Waals surface area (Å²) in [7, 11) is 1.72. The van der Waals surface area contributed by atoms with E-state index in [2.05, 4.69) is 44.2 Å². The van der Waals surface area contributed by atoms with Gasteiger partial charge in [0.1, 0.15) is 12.1 Å². The van der Waals surface area contributed by atoms with Gasteiger partial charge in [0.15, 0.2) is 0 Å². The van der Waals surface area contributed by atoms with Crippen LogP contribution in [0.15, 0.2) is 30.6 Å². The van der Waals surface area contributed by atoms with E-state index in [4.69, 9.17) is 4.74 Å². The maximum absolute atomic E-state index is 5.51. The van der Waals surface area contributed by atoms with Crippen LogP contribution < -0.4 is 14.5 Å². The van der Waals surface area contributed by atoms with Crippen LogP contribution in [-0.4, -0.2) is 53.1 Å². The average Bonchev–Trinajstić information content (AvgIpc) is 3.10. The molecule has 1 saturated heterocycles. The van der Waals surface area contributed by atoms with Crippen molar-refractivity contribution in [1.29, 1.82) is 0 Å². The third-order valence-corrected chi connectivity index (χ3v) is 4.92. The number of methoxy groups -OCH3 is 1. The Balaban J connectivity index is 1.61. The fraction of sp³-hybridized carbons (Fsp3) is 0.389. The molecule has 1 aliphatic heterocycles. The third kappa shape index (κ3) is 2.65. The topological polar surface area (TPSA) is 58.8 Å². The highest BCUT2D eigenvalue weighted by Gasteiger charge is 2.24. The number of hydrogen-bond donors (Lipinski definition) is 0. The summed E-state index contributed by atoms with van der Waals surface area (Å²) < 4.78 is 7.28. The Morgan fingerprint density at radius 1 is 1.00 bits per heavy atom. The van der Waals surface area contributed by atoms with E-state index in [0.29, 0.717) is 0 Å². The highest BCUT2D eigenvalue weighted by atomic mass is 16.5. The van der Waals surface area contributed by atoms with Crippen molar-refractivity contribution in [2.45, 2.75) is 13.8 Å². The minimum Gasteiger partial charge on any atom is -0.495 e. The maximum atomic E-state index is 5.51. The molecule has 7 heteroatoms. The molecule has 0 amide bonds. The van der Waals surface area contributed by atoms with Gasteiger partial charge >= 0.3 is 0 Å². The summed E-state index contributed by atoms with van der Waals surface area (Å²) in [6, 6.07) is 8.19. The monoisotopic (exact) mass is 338 g/mol. The van der Waals surface area contributed by atoms with Gasteiger partial charge in [-0.25, -0.2) is 0 Å². The molecule has 0 atom stereocenters. The van der Waals surface area contributed by atoms with Crippen LogP contribution in [0.25, 0.3) is 5.65 Å². The van der Waals surface area contributed by atoms with Crippen molar-refractivity contribution < 1.29 is 4.74 Å². The first-order valence-electron chi connectivity index (χ1n) is 8.49. The van der Waals surface area contributed by atoms with Crippen molar-refractivity contribution in [2.24, 2.45) is 0 Å². The summed E-state index contributed by atoms with van der Waals surface area (Å²) in [5, 5.41) is 12.8. The minimum atomic E-state index is 0.828. The summed E-state index contributed by atoms with van der Waals surface area (Å²) in [5.41, 5.74) is 5.30. The number of piperazine rings is 1. The molecule has 7 nitrogen and oxygen atoms in total. The van der Waals surface area contributed by atoms with Crippen LogP contribution in [0.3, 0.4) is 0 Å². The Morgan fingerprint density at radius 2 is 1.72 bits per heavy atom. The van der Waals surface area contributed by atoms with Gasteiger partial charge in [-0.3, -0.25) is 0 Å². The predicted molar refractivity (Wildman–Crippen MR) is 97.7 cm³/mol. The SMILES string of the molecule is COc1ccccc1N1CCN(c2c(C)c(C)nn3cnnc23)CC1. The van der Waals surface area contributed by atoms with Crippen molar-refractivity contribution >= 4 is 17.0 Å². The summed E-state index contributed by atoms with van der Waals surface area (Å²) in [6.07, 6.45) is 1.66. The number of ether oxygens (including phenoxy) is 1. The molecule has 0 unspecified atom stereocenters. The number of aryl methyl sites for hydroxylation is 1. The zero-order chi connectivity index (χ0) is 17.4. The van der Waals surface area contributed by atoms with E-state index < -0.39 is 0 Å². The lowest BCUT2D eigenvalue weighted by Crippen LogP contribution is -2.47. The van der Waals surface area contributed by atoms with E-state index in [1.807, 2.05) is 19.1 Å². The molecule has 1 fully saturated rings. The second kappa shape index (κ2) is 6.23. The zero-order valence-electron chi connectivity index (χ0n) is 14.8. The minimum absolute atomic E-state index is 0.828. The molecular formula is C18H22N6O. The van der Waals surface area contributed by atoms with E-state index in [1.54, 1.807) is 18.0 Å². The first-order valence-corrected chi connectivity index (χ1v) is 8.49. The van der Waals surface area contributed by atoms with Gasteiger partial charge in [0.25, 0.3) is 0 Å². The van der Waals surface area contributed by atoms with Gasteiger partial charge < -0.3 is 14.5 Å².